The SMILES string of the molecule is CCNc1nc(COCC)nc(C)c1Br. The molecular weight excluding hydrogens is 258 g/mol. The van der Waals surface area contributed by atoms with Gasteiger partial charge in [0.2, 0.25) is 0 Å². The van der Waals surface area contributed by atoms with Crippen molar-refractivity contribution in [1.29, 1.82) is 0 Å². The van der Waals surface area contributed by atoms with Crippen molar-refractivity contribution >= 4 is 21.7 Å². The molecule has 84 valence electrons. The summed E-state index contributed by atoms with van der Waals surface area (Å²) >= 11 is 3.46. The molecule has 5 heteroatoms. The Balaban J connectivity index is 2.90. The molecule has 0 saturated carbocycles. The second-order valence-corrected chi connectivity index (χ2v) is 3.85. The van der Waals surface area contributed by atoms with E-state index in [1.165, 1.54) is 0 Å². The van der Waals surface area contributed by atoms with Crippen LogP contribution in [0.15, 0.2) is 4.47 Å². The first-order chi connectivity index (χ1) is 7.19. The van der Waals surface area contributed by atoms with Crippen LogP contribution in [0.2, 0.25) is 0 Å². The molecule has 0 saturated heterocycles. The van der Waals surface area contributed by atoms with Gasteiger partial charge in [0, 0.05) is 13.2 Å². The van der Waals surface area contributed by atoms with E-state index in [0.717, 1.165) is 22.5 Å². The van der Waals surface area contributed by atoms with Crippen LogP contribution in [0, 0.1) is 6.92 Å². The van der Waals surface area contributed by atoms with Crippen molar-refractivity contribution in [1.82, 2.24) is 9.97 Å². The Kier molecular flexibility index (Phi) is 4.98. The molecule has 1 aromatic rings. The van der Waals surface area contributed by atoms with E-state index >= 15 is 0 Å². The number of nitrogens with zero attached hydrogens (tertiary/aromatic N) is 2. The van der Waals surface area contributed by atoms with Gasteiger partial charge in [-0.2, -0.15) is 0 Å². The Hall–Kier alpha value is -0.680. The van der Waals surface area contributed by atoms with Crippen molar-refractivity contribution in [3.63, 3.8) is 0 Å². The summed E-state index contributed by atoms with van der Waals surface area (Å²) < 4.78 is 6.20. The van der Waals surface area contributed by atoms with Crippen LogP contribution < -0.4 is 5.32 Å². The van der Waals surface area contributed by atoms with Crippen LogP contribution in [0.25, 0.3) is 0 Å². The number of hydrogen-bond donors (Lipinski definition) is 1. The normalized spacial score (nSPS) is 10.4. The highest BCUT2D eigenvalue weighted by Gasteiger charge is 2.08. The highest BCUT2D eigenvalue weighted by Crippen LogP contribution is 2.22. The lowest BCUT2D eigenvalue weighted by Gasteiger charge is -2.09. The molecule has 1 N–H and O–H groups in total. The number of halogens is 1. The Bertz CT molecular complexity index is 331. The summed E-state index contributed by atoms with van der Waals surface area (Å²) in [7, 11) is 0. The van der Waals surface area contributed by atoms with Crippen LogP contribution in [-0.2, 0) is 11.3 Å². The van der Waals surface area contributed by atoms with Gasteiger partial charge in [0.1, 0.15) is 12.4 Å². The number of rotatable bonds is 5. The average molecular weight is 274 g/mol. The zero-order valence-electron chi connectivity index (χ0n) is 9.30. The molecule has 0 amide bonds. The first-order valence-electron chi connectivity index (χ1n) is 5.03. The molecule has 0 atom stereocenters. The van der Waals surface area contributed by atoms with E-state index in [4.69, 9.17) is 4.74 Å². The molecule has 0 spiro atoms. The highest BCUT2D eigenvalue weighted by atomic mass is 79.9. The van der Waals surface area contributed by atoms with Gasteiger partial charge in [0.25, 0.3) is 0 Å². The molecule has 1 aromatic heterocycles. The lowest BCUT2D eigenvalue weighted by atomic mass is 10.4. The number of anilines is 1. The van der Waals surface area contributed by atoms with Gasteiger partial charge in [-0.15, -0.1) is 0 Å². The second-order valence-electron chi connectivity index (χ2n) is 3.06. The maximum absolute atomic E-state index is 5.28. The van der Waals surface area contributed by atoms with Crippen LogP contribution >= 0.6 is 15.9 Å². The molecule has 0 aliphatic rings. The maximum Gasteiger partial charge on any atom is 0.156 e. The summed E-state index contributed by atoms with van der Waals surface area (Å²) in [6.07, 6.45) is 0. The fourth-order valence-electron chi connectivity index (χ4n) is 1.16. The van der Waals surface area contributed by atoms with E-state index in [-0.39, 0.29) is 0 Å². The summed E-state index contributed by atoms with van der Waals surface area (Å²) in [5.41, 5.74) is 0.927. The van der Waals surface area contributed by atoms with Gasteiger partial charge in [-0.3, -0.25) is 0 Å². The van der Waals surface area contributed by atoms with E-state index in [1.807, 2.05) is 20.8 Å². The Morgan fingerprint density at radius 1 is 1.33 bits per heavy atom. The van der Waals surface area contributed by atoms with Gasteiger partial charge < -0.3 is 10.1 Å². The van der Waals surface area contributed by atoms with Crippen molar-refractivity contribution in [3.05, 3.63) is 16.0 Å². The third kappa shape index (κ3) is 3.43. The van der Waals surface area contributed by atoms with Gasteiger partial charge in [-0.25, -0.2) is 9.97 Å². The molecular formula is C10H16BrN3O. The van der Waals surface area contributed by atoms with Gasteiger partial charge in [0.05, 0.1) is 10.2 Å². The molecule has 0 fully saturated rings. The van der Waals surface area contributed by atoms with E-state index in [2.05, 4.69) is 31.2 Å². The van der Waals surface area contributed by atoms with Crippen LogP contribution in [0.5, 0.6) is 0 Å². The van der Waals surface area contributed by atoms with Crippen molar-refractivity contribution in [2.45, 2.75) is 27.4 Å². The number of aromatic nitrogens is 2. The quantitative estimate of drug-likeness (QED) is 0.896. The Morgan fingerprint density at radius 3 is 2.67 bits per heavy atom. The van der Waals surface area contributed by atoms with E-state index in [1.54, 1.807) is 0 Å². The van der Waals surface area contributed by atoms with Gasteiger partial charge >= 0.3 is 0 Å². The third-order valence-electron chi connectivity index (χ3n) is 1.84. The second kappa shape index (κ2) is 6.02. The summed E-state index contributed by atoms with van der Waals surface area (Å²) in [5, 5.41) is 3.18. The molecule has 1 rings (SSSR count). The van der Waals surface area contributed by atoms with Gasteiger partial charge in [-0.05, 0) is 36.7 Å². The van der Waals surface area contributed by atoms with Crippen LogP contribution in [-0.4, -0.2) is 23.1 Å². The van der Waals surface area contributed by atoms with Crippen LogP contribution in [0.1, 0.15) is 25.4 Å². The van der Waals surface area contributed by atoms with Gasteiger partial charge in [0.15, 0.2) is 5.82 Å². The standard InChI is InChI=1S/C10H16BrN3O/c1-4-12-10-9(11)7(3)13-8(14-10)6-15-5-2/h4-6H2,1-3H3,(H,12,13,14). The van der Waals surface area contributed by atoms with Crippen LogP contribution in [0.3, 0.4) is 0 Å². The topological polar surface area (TPSA) is 47.0 Å². The minimum absolute atomic E-state index is 0.461. The third-order valence-corrected chi connectivity index (χ3v) is 2.79. The van der Waals surface area contributed by atoms with E-state index < -0.39 is 0 Å². The largest absolute Gasteiger partial charge is 0.374 e. The first-order valence-corrected chi connectivity index (χ1v) is 5.83. The Morgan fingerprint density at radius 2 is 2.07 bits per heavy atom. The first kappa shape index (κ1) is 12.4. The van der Waals surface area contributed by atoms with E-state index in [0.29, 0.717) is 19.0 Å². The minimum atomic E-state index is 0.461. The van der Waals surface area contributed by atoms with Crippen molar-refractivity contribution in [3.8, 4) is 0 Å². The highest BCUT2D eigenvalue weighted by molar-refractivity contribution is 9.10. The van der Waals surface area contributed by atoms with Crippen LogP contribution in [0.4, 0.5) is 5.82 Å². The summed E-state index contributed by atoms with van der Waals surface area (Å²) in [4.78, 5) is 8.70. The predicted octanol–water partition coefficient (Wildman–Crippen LogP) is 2.52. The average Bonchev–Trinajstić information content (AvgIpc) is 2.22. The van der Waals surface area contributed by atoms with Crippen molar-refractivity contribution in [2.75, 3.05) is 18.5 Å². The molecule has 4 nitrogen and oxygen atoms in total. The maximum atomic E-state index is 5.28. The molecule has 15 heavy (non-hydrogen) atoms. The predicted molar refractivity (Wildman–Crippen MR) is 64.0 cm³/mol. The molecule has 0 unspecified atom stereocenters. The monoisotopic (exact) mass is 273 g/mol. The molecule has 1 heterocycles. The minimum Gasteiger partial charge on any atom is -0.374 e. The Labute approximate surface area is 98.6 Å². The molecule has 0 radical (unpaired) electrons. The zero-order chi connectivity index (χ0) is 11.3. The lowest BCUT2D eigenvalue weighted by molar-refractivity contribution is 0.128. The zero-order valence-corrected chi connectivity index (χ0v) is 10.9. The molecule has 0 aromatic carbocycles. The molecule has 0 aliphatic heterocycles. The molecule has 0 aliphatic carbocycles. The fraction of sp³-hybridized carbons (Fsp3) is 0.600. The summed E-state index contributed by atoms with van der Waals surface area (Å²) in [6, 6.07) is 0. The van der Waals surface area contributed by atoms with Crippen molar-refractivity contribution in [2.24, 2.45) is 0 Å². The molecule has 0 bridgehead atoms. The number of ether oxygens (including phenoxy) is 1. The lowest BCUT2D eigenvalue weighted by Crippen LogP contribution is -2.07. The summed E-state index contributed by atoms with van der Waals surface area (Å²) in [5.74, 6) is 1.55. The fourth-order valence-corrected chi connectivity index (χ4v) is 1.48. The van der Waals surface area contributed by atoms with Gasteiger partial charge in [-0.1, -0.05) is 0 Å². The smallest absolute Gasteiger partial charge is 0.156 e. The number of nitrogens with one attached hydrogen (secondary N) is 1. The van der Waals surface area contributed by atoms with Crippen molar-refractivity contribution < 1.29 is 4.74 Å². The number of aryl methyl sites for hydroxylation is 1. The van der Waals surface area contributed by atoms with E-state index in [9.17, 15) is 0 Å². The number of hydrogen-bond acceptors (Lipinski definition) is 4. The summed E-state index contributed by atoms with van der Waals surface area (Å²) in [6.45, 7) is 7.91.